The van der Waals surface area contributed by atoms with Crippen LogP contribution in [0, 0.1) is 0 Å². The van der Waals surface area contributed by atoms with E-state index in [2.05, 4.69) is 25.7 Å². The number of carbonyl (C=O) groups is 1. The third kappa shape index (κ3) is 9.24. The number of unbranched alkanes of at least 4 members (excludes halogenated alkanes) is 3. The molecule has 14 heavy (non-hydrogen) atoms. The first-order valence-electron chi connectivity index (χ1n) is 5.50. The van der Waals surface area contributed by atoms with Crippen molar-refractivity contribution in [2.24, 2.45) is 0 Å². The number of ketones is 1. The Morgan fingerprint density at radius 1 is 1.29 bits per heavy atom. The lowest BCUT2D eigenvalue weighted by molar-refractivity contribution is -0.116. The normalized spacial score (nSPS) is 10.7. The van der Waals surface area contributed by atoms with E-state index in [1.165, 1.54) is 19.3 Å². The summed E-state index contributed by atoms with van der Waals surface area (Å²) in [5, 5.41) is 0. The monoisotopic (exact) mass is 194 g/mol. The standard InChI is InChI=1S/C13H22O/c1-4-5-6-7-8-9-12(2)10-11-13(3)14/h8-9H,2,4-7,10-11H2,1,3H3/b9-8+. The Bertz CT molecular complexity index is 201. The number of hydrogen-bond acceptors (Lipinski definition) is 1. The molecule has 0 atom stereocenters. The van der Waals surface area contributed by atoms with Crippen molar-refractivity contribution < 1.29 is 4.79 Å². The van der Waals surface area contributed by atoms with Crippen molar-refractivity contribution in [3.05, 3.63) is 24.3 Å². The third-order valence-corrected chi connectivity index (χ3v) is 2.13. The van der Waals surface area contributed by atoms with Gasteiger partial charge in [-0.05, 0) is 26.2 Å². The molecule has 0 fully saturated rings. The molecule has 0 aliphatic heterocycles. The molecule has 1 heteroatoms. The van der Waals surface area contributed by atoms with Crippen molar-refractivity contribution in [1.29, 1.82) is 0 Å². The van der Waals surface area contributed by atoms with E-state index in [-0.39, 0.29) is 5.78 Å². The van der Waals surface area contributed by atoms with E-state index in [4.69, 9.17) is 0 Å². The minimum atomic E-state index is 0.241. The average molecular weight is 194 g/mol. The van der Waals surface area contributed by atoms with Crippen molar-refractivity contribution in [2.45, 2.75) is 52.4 Å². The summed E-state index contributed by atoms with van der Waals surface area (Å²) in [5.74, 6) is 0.241. The molecule has 0 saturated carbocycles. The molecule has 0 aromatic heterocycles. The number of allylic oxidation sites excluding steroid dienone is 3. The molecular formula is C13H22O. The van der Waals surface area contributed by atoms with Crippen molar-refractivity contribution in [3.63, 3.8) is 0 Å². The molecule has 0 aliphatic rings. The Kier molecular flexibility index (Phi) is 8.20. The maximum Gasteiger partial charge on any atom is 0.130 e. The summed E-state index contributed by atoms with van der Waals surface area (Å²) in [6.45, 7) is 7.73. The van der Waals surface area contributed by atoms with Crippen LogP contribution in [-0.4, -0.2) is 5.78 Å². The Labute approximate surface area is 87.9 Å². The SMILES string of the molecule is C=C(/C=C/CCCCC)CCC(C)=O. The van der Waals surface area contributed by atoms with Crippen LogP contribution in [0.4, 0.5) is 0 Å². The van der Waals surface area contributed by atoms with Gasteiger partial charge in [0, 0.05) is 6.42 Å². The van der Waals surface area contributed by atoms with Crippen molar-refractivity contribution >= 4 is 5.78 Å². The lowest BCUT2D eigenvalue weighted by Gasteiger charge is -1.97. The van der Waals surface area contributed by atoms with Gasteiger partial charge in [-0.1, -0.05) is 44.1 Å². The Balaban J connectivity index is 3.46. The van der Waals surface area contributed by atoms with Gasteiger partial charge < -0.3 is 4.79 Å². The first-order valence-corrected chi connectivity index (χ1v) is 5.50. The first kappa shape index (κ1) is 13.2. The smallest absolute Gasteiger partial charge is 0.130 e. The van der Waals surface area contributed by atoms with Crippen LogP contribution in [0.1, 0.15) is 52.4 Å². The van der Waals surface area contributed by atoms with Crippen LogP contribution in [0.15, 0.2) is 24.3 Å². The van der Waals surface area contributed by atoms with Crippen LogP contribution >= 0.6 is 0 Å². The van der Waals surface area contributed by atoms with Crippen LogP contribution in [0.5, 0.6) is 0 Å². The summed E-state index contributed by atoms with van der Waals surface area (Å²) in [6.07, 6.45) is 10.6. The lowest BCUT2D eigenvalue weighted by atomic mass is 10.1. The summed E-state index contributed by atoms with van der Waals surface area (Å²) in [5.41, 5.74) is 1.07. The van der Waals surface area contributed by atoms with Gasteiger partial charge in [0.15, 0.2) is 0 Å². The predicted molar refractivity (Wildman–Crippen MR) is 62.3 cm³/mol. The van der Waals surface area contributed by atoms with E-state index in [1.807, 2.05) is 0 Å². The largest absolute Gasteiger partial charge is 0.300 e. The van der Waals surface area contributed by atoms with Gasteiger partial charge in [0.1, 0.15) is 5.78 Å². The molecule has 0 heterocycles. The molecule has 0 unspecified atom stereocenters. The summed E-state index contributed by atoms with van der Waals surface area (Å²) in [6, 6.07) is 0. The van der Waals surface area contributed by atoms with Gasteiger partial charge in [0.2, 0.25) is 0 Å². The number of carbonyl (C=O) groups excluding carboxylic acids is 1. The molecule has 1 nitrogen and oxygen atoms in total. The Morgan fingerprint density at radius 2 is 2.00 bits per heavy atom. The van der Waals surface area contributed by atoms with Gasteiger partial charge in [0.05, 0.1) is 0 Å². The van der Waals surface area contributed by atoms with Crippen LogP contribution in [0.25, 0.3) is 0 Å². The highest BCUT2D eigenvalue weighted by molar-refractivity contribution is 5.75. The van der Waals surface area contributed by atoms with Gasteiger partial charge >= 0.3 is 0 Å². The molecule has 0 radical (unpaired) electrons. The highest BCUT2D eigenvalue weighted by Gasteiger charge is 1.93. The fraction of sp³-hybridized carbons (Fsp3) is 0.615. The zero-order valence-corrected chi connectivity index (χ0v) is 9.51. The minimum absolute atomic E-state index is 0.241. The van der Waals surface area contributed by atoms with Gasteiger partial charge in [-0.3, -0.25) is 0 Å². The summed E-state index contributed by atoms with van der Waals surface area (Å²) in [4.78, 5) is 10.7. The molecule has 0 aliphatic carbocycles. The molecule has 0 bridgehead atoms. The molecule has 80 valence electrons. The second-order valence-electron chi connectivity index (χ2n) is 3.76. The quantitative estimate of drug-likeness (QED) is 0.421. The van der Waals surface area contributed by atoms with Crippen LogP contribution in [-0.2, 0) is 4.79 Å². The van der Waals surface area contributed by atoms with E-state index in [0.717, 1.165) is 18.4 Å². The molecule has 0 aromatic carbocycles. The maximum absolute atomic E-state index is 10.7. The third-order valence-electron chi connectivity index (χ3n) is 2.13. The zero-order valence-electron chi connectivity index (χ0n) is 9.51. The number of hydrogen-bond donors (Lipinski definition) is 0. The predicted octanol–water partition coefficient (Wildman–Crippen LogP) is 4.05. The van der Waals surface area contributed by atoms with E-state index in [9.17, 15) is 4.79 Å². The van der Waals surface area contributed by atoms with E-state index in [1.54, 1.807) is 6.92 Å². The van der Waals surface area contributed by atoms with Crippen LogP contribution < -0.4 is 0 Å². The van der Waals surface area contributed by atoms with Gasteiger partial charge in [0.25, 0.3) is 0 Å². The van der Waals surface area contributed by atoms with Gasteiger partial charge in [-0.15, -0.1) is 0 Å². The molecule has 0 spiro atoms. The Morgan fingerprint density at radius 3 is 2.57 bits per heavy atom. The zero-order chi connectivity index (χ0) is 10.8. The van der Waals surface area contributed by atoms with E-state index in [0.29, 0.717) is 6.42 Å². The van der Waals surface area contributed by atoms with Crippen molar-refractivity contribution in [2.75, 3.05) is 0 Å². The highest BCUT2D eigenvalue weighted by Crippen LogP contribution is 2.06. The first-order chi connectivity index (χ1) is 6.66. The number of rotatable bonds is 8. The van der Waals surface area contributed by atoms with Crippen LogP contribution in [0.3, 0.4) is 0 Å². The summed E-state index contributed by atoms with van der Waals surface area (Å²) in [7, 11) is 0. The topological polar surface area (TPSA) is 17.1 Å². The Hall–Kier alpha value is -0.850. The molecule has 0 N–H and O–H groups in total. The maximum atomic E-state index is 10.7. The fourth-order valence-electron chi connectivity index (χ4n) is 1.18. The minimum Gasteiger partial charge on any atom is -0.300 e. The number of Topliss-reactive ketones (excluding diaryl/α,β-unsaturated/α-hetero) is 1. The van der Waals surface area contributed by atoms with Gasteiger partial charge in [-0.2, -0.15) is 0 Å². The molecule has 0 rings (SSSR count). The van der Waals surface area contributed by atoms with Crippen LogP contribution in [0.2, 0.25) is 0 Å². The molecular weight excluding hydrogens is 172 g/mol. The van der Waals surface area contributed by atoms with E-state index < -0.39 is 0 Å². The molecule has 0 saturated heterocycles. The second kappa shape index (κ2) is 8.74. The van der Waals surface area contributed by atoms with Gasteiger partial charge in [-0.25, -0.2) is 0 Å². The molecule has 0 amide bonds. The lowest BCUT2D eigenvalue weighted by Crippen LogP contribution is -1.89. The molecule has 0 aromatic rings. The van der Waals surface area contributed by atoms with Crippen molar-refractivity contribution in [1.82, 2.24) is 0 Å². The summed E-state index contributed by atoms with van der Waals surface area (Å²) >= 11 is 0. The second-order valence-corrected chi connectivity index (χ2v) is 3.76. The highest BCUT2D eigenvalue weighted by atomic mass is 16.1. The fourth-order valence-corrected chi connectivity index (χ4v) is 1.18. The van der Waals surface area contributed by atoms with E-state index >= 15 is 0 Å². The van der Waals surface area contributed by atoms with Crippen molar-refractivity contribution in [3.8, 4) is 0 Å². The average Bonchev–Trinajstić information content (AvgIpc) is 2.14. The summed E-state index contributed by atoms with van der Waals surface area (Å²) < 4.78 is 0.